The molecule has 0 atom stereocenters. The SMILES string of the molecule is CN(CCCN)S(=O)(=O)N(C)Cc1ccccc1F. The molecular weight excluding hydrogens is 269 g/mol. The van der Waals surface area contributed by atoms with Gasteiger partial charge >= 0.3 is 0 Å². The Kier molecular flexibility index (Phi) is 5.86. The molecule has 108 valence electrons. The summed E-state index contributed by atoms with van der Waals surface area (Å²) in [5.41, 5.74) is 5.70. The third-order valence-electron chi connectivity index (χ3n) is 2.82. The molecule has 0 unspecified atom stereocenters. The van der Waals surface area contributed by atoms with Gasteiger partial charge in [0, 0.05) is 32.7 Å². The second kappa shape index (κ2) is 6.95. The summed E-state index contributed by atoms with van der Waals surface area (Å²) in [5.74, 6) is -0.408. The van der Waals surface area contributed by atoms with Crippen molar-refractivity contribution >= 4 is 10.2 Å². The zero-order valence-corrected chi connectivity index (χ0v) is 12.0. The van der Waals surface area contributed by atoms with Crippen LogP contribution in [0.2, 0.25) is 0 Å². The van der Waals surface area contributed by atoms with Crippen LogP contribution >= 0.6 is 0 Å². The largest absolute Gasteiger partial charge is 0.330 e. The van der Waals surface area contributed by atoms with Gasteiger partial charge in [0.05, 0.1) is 0 Å². The molecule has 0 radical (unpaired) electrons. The summed E-state index contributed by atoms with van der Waals surface area (Å²) in [6.45, 7) is 0.777. The highest BCUT2D eigenvalue weighted by molar-refractivity contribution is 7.86. The van der Waals surface area contributed by atoms with Gasteiger partial charge < -0.3 is 5.73 Å². The Morgan fingerprint density at radius 2 is 1.84 bits per heavy atom. The van der Waals surface area contributed by atoms with Gasteiger partial charge in [-0.1, -0.05) is 18.2 Å². The monoisotopic (exact) mass is 289 g/mol. The quantitative estimate of drug-likeness (QED) is 0.807. The Morgan fingerprint density at radius 3 is 2.42 bits per heavy atom. The lowest BCUT2D eigenvalue weighted by Crippen LogP contribution is -2.40. The number of nitrogens with two attached hydrogens (primary N) is 1. The van der Waals surface area contributed by atoms with Gasteiger partial charge in [0.2, 0.25) is 0 Å². The molecule has 0 aromatic heterocycles. The molecule has 19 heavy (non-hydrogen) atoms. The van der Waals surface area contributed by atoms with E-state index in [1.54, 1.807) is 18.2 Å². The first kappa shape index (κ1) is 16.0. The lowest BCUT2D eigenvalue weighted by Gasteiger charge is -2.24. The fourth-order valence-electron chi connectivity index (χ4n) is 1.62. The van der Waals surface area contributed by atoms with E-state index in [4.69, 9.17) is 5.73 Å². The molecule has 1 aromatic rings. The maximum atomic E-state index is 13.5. The van der Waals surface area contributed by atoms with Gasteiger partial charge in [-0.3, -0.25) is 0 Å². The van der Waals surface area contributed by atoms with Crippen LogP contribution in [-0.2, 0) is 16.8 Å². The van der Waals surface area contributed by atoms with Gasteiger partial charge in [-0.15, -0.1) is 0 Å². The van der Waals surface area contributed by atoms with E-state index in [0.717, 1.165) is 4.31 Å². The molecule has 0 aliphatic rings. The summed E-state index contributed by atoms with van der Waals surface area (Å²) in [6, 6.07) is 6.13. The van der Waals surface area contributed by atoms with E-state index >= 15 is 0 Å². The Labute approximate surface area is 114 Å². The highest BCUT2D eigenvalue weighted by Gasteiger charge is 2.23. The van der Waals surface area contributed by atoms with Crippen molar-refractivity contribution in [3.05, 3.63) is 35.6 Å². The van der Waals surface area contributed by atoms with Gasteiger partial charge in [0.25, 0.3) is 10.2 Å². The Balaban J connectivity index is 2.76. The first-order chi connectivity index (χ1) is 8.89. The molecule has 0 aliphatic heterocycles. The van der Waals surface area contributed by atoms with E-state index in [-0.39, 0.29) is 6.54 Å². The fraction of sp³-hybridized carbons (Fsp3) is 0.500. The van der Waals surface area contributed by atoms with Crippen LogP contribution < -0.4 is 5.73 Å². The van der Waals surface area contributed by atoms with Crippen LogP contribution in [0.25, 0.3) is 0 Å². The standard InChI is InChI=1S/C12H20FN3O2S/c1-15(9-5-8-14)19(17,18)16(2)10-11-6-3-4-7-12(11)13/h3-4,6-7H,5,8-10,14H2,1-2H3. The minimum Gasteiger partial charge on any atom is -0.330 e. The summed E-state index contributed by atoms with van der Waals surface area (Å²) < 4.78 is 40.1. The van der Waals surface area contributed by atoms with Crippen LogP contribution in [0.1, 0.15) is 12.0 Å². The fourth-order valence-corrected chi connectivity index (χ4v) is 2.75. The molecule has 0 aliphatic carbocycles. The van der Waals surface area contributed by atoms with Crippen molar-refractivity contribution in [1.82, 2.24) is 8.61 Å². The van der Waals surface area contributed by atoms with Crippen molar-refractivity contribution in [1.29, 1.82) is 0 Å². The van der Waals surface area contributed by atoms with Crippen LogP contribution in [0.4, 0.5) is 4.39 Å². The number of hydrogen-bond acceptors (Lipinski definition) is 3. The first-order valence-corrected chi connectivity index (χ1v) is 7.40. The molecule has 0 heterocycles. The van der Waals surface area contributed by atoms with Crippen molar-refractivity contribution in [3.8, 4) is 0 Å². The molecule has 0 amide bonds. The molecule has 2 N–H and O–H groups in total. The molecule has 0 bridgehead atoms. The van der Waals surface area contributed by atoms with Gasteiger partial charge in [0.15, 0.2) is 0 Å². The van der Waals surface area contributed by atoms with Crippen molar-refractivity contribution in [2.45, 2.75) is 13.0 Å². The van der Waals surface area contributed by atoms with Gasteiger partial charge in [-0.25, -0.2) is 4.39 Å². The lowest BCUT2D eigenvalue weighted by molar-refractivity contribution is 0.383. The molecule has 5 nitrogen and oxygen atoms in total. The molecule has 1 rings (SSSR count). The van der Waals surface area contributed by atoms with E-state index in [1.165, 1.54) is 24.5 Å². The second-order valence-corrected chi connectivity index (χ2v) is 6.46. The average Bonchev–Trinajstić information content (AvgIpc) is 2.38. The molecule has 7 heteroatoms. The minimum absolute atomic E-state index is 0.00196. The highest BCUT2D eigenvalue weighted by atomic mass is 32.2. The van der Waals surface area contributed by atoms with E-state index in [1.807, 2.05) is 0 Å². The molecule has 1 aromatic carbocycles. The maximum Gasteiger partial charge on any atom is 0.281 e. The smallest absolute Gasteiger partial charge is 0.281 e. The normalized spacial score (nSPS) is 12.3. The van der Waals surface area contributed by atoms with Crippen molar-refractivity contribution in [2.75, 3.05) is 27.2 Å². The first-order valence-electron chi connectivity index (χ1n) is 6.00. The Hall–Kier alpha value is -1.02. The van der Waals surface area contributed by atoms with Crippen LogP contribution in [0.3, 0.4) is 0 Å². The minimum atomic E-state index is -3.58. The van der Waals surface area contributed by atoms with Crippen LogP contribution in [0, 0.1) is 5.82 Å². The van der Waals surface area contributed by atoms with Crippen molar-refractivity contribution in [3.63, 3.8) is 0 Å². The third kappa shape index (κ3) is 4.24. The summed E-state index contributed by atoms with van der Waals surface area (Å²) >= 11 is 0. The topological polar surface area (TPSA) is 66.6 Å². The zero-order chi connectivity index (χ0) is 14.5. The molecule has 0 saturated carbocycles. The highest BCUT2D eigenvalue weighted by Crippen LogP contribution is 2.13. The van der Waals surface area contributed by atoms with Gasteiger partial charge in [-0.05, 0) is 19.0 Å². The van der Waals surface area contributed by atoms with Crippen LogP contribution in [-0.4, -0.2) is 44.2 Å². The zero-order valence-electron chi connectivity index (χ0n) is 11.2. The average molecular weight is 289 g/mol. The summed E-state index contributed by atoms with van der Waals surface area (Å²) in [6.07, 6.45) is 0.587. The lowest BCUT2D eigenvalue weighted by atomic mass is 10.2. The van der Waals surface area contributed by atoms with E-state index < -0.39 is 16.0 Å². The Bertz CT molecular complexity index is 507. The van der Waals surface area contributed by atoms with Gasteiger partial charge in [-0.2, -0.15) is 17.0 Å². The number of halogens is 1. The van der Waals surface area contributed by atoms with E-state index in [9.17, 15) is 12.8 Å². The van der Waals surface area contributed by atoms with Crippen molar-refractivity contribution < 1.29 is 12.8 Å². The predicted molar refractivity (Wildman–Crippen MR) is 73.1 cm³/mol. The van der Waals surface area contributed by atoms with Gasteiger partial charge in [0.1, 0.15) is 5.82 Å². The molecule has 0 saturated heterocycles. The van der Waals surface area contributed by atoms with E-state index in [2.05, 4.69) is 0 Å². The number of nitrogens with zero attached hydrogens (tertiary/aromatic N) is 2. The van der Waals surface area contributed by atoms with Crippen LogP contribution in [0.5, 0.6) is 0 Å². The van der Waals surface area contributed by atoms with Crippen LogP contribution in [0.15, 0.2) is 24.3 Å². The molecular formula is C12H20FN3O2S. The summed E-state index contributed by atoms with van der Waals surface area (Å²) in [7, 11) is -0.662. The van der Waals surface area contributed by atoms with E-state index in [0.29, 0.717) is 25.1 Å². The molecule has 0 fully saturated rings. The summed E-state index contributed by atoms with van der Waals surface area (Å²) in [5, 5.41) is 0. The van der Waals surface area contributed by atoms with Crippen molar-refractivity contribution in [2.24, 2.45) is 5.73 Å². The maximum absolute atomic E-state index is 13.5. The number of rotatable bonds is 7. The summed E-state index contributed by atoms with van der Waals surface area (Å²) in [4.78, 5) is 0. The predicted octanol–water partition coefficient (Wildman–Crippen LogP) is 0.783. The third-order valence-corrected chi connectivity index (χ3v) is 4.70. The number of benzene rings is 1. The number of hydrogen-bond donors (Lipinski definition) is 1. The molecule has 0 spiro atoms. The Morgan fingerprint density at radius 1 is 1.21 bits per heavy atom. The second-order valence-electron chi connectivity index (χ2n) is 4.32.